The summed E-state index contributed by atoms with van der Waals surface area (Å²) in [5.41, 5.74) is 7.55. The Bertz CT molecular complexity index is 1860. The van der Waals surface area contributed by atoms with Crippen LogP contribution in [-0.4, -0.2) is 20.9 Å². The van der Waals surface area contributed by atoms with Gasteiger partial charge in [-0.05, 0) is 65.6 Å². The topological polar surface area (TPSA) is 76.2 Å². The molecule has 0 bridgehead atoms. The van der Waals surface area contributed by atoms with Crippen molar-refractivity contribution in [3.8, 4) is 33.8 Å². The second-order valence-corrected chi connectivity index (χ2v) is 10.2. The second kappa shape index (κ2) is 13.5. The number of carbonyl (C=O) groups excluding carboxylic acids is 1. The van der Waals surface area contributed by atoms with Crippen molar-refractivity contribution in [2.75, 3.05) is 0 Å². The molecular formula is C36H31IrN2O3-. The van der Waals surface area contributed by atoms with E-state index in [1.807, 2.05) is 54.7 Å². The van der Waals surface area contributed by atoms with Crippen LogP contribution < -0.4 is 0 Å². The van der Waals surface area contributed by atoms with E-state index < -0.39 is 0 Å². The van der Waals surface area contributed by atoms with Gasteiger partial charge < -0.3 is 14.5 Å². The Balaban J connectivity index is 0.000000454. The molecule has 0 spiro atoms. The van der Waals surface area contributed by atoms with Crippen LogP contribution in [0.2, 0.25) is 0 Å². The van der Waals surface area contributed by atoms with Crippen molar-refractivity contribution in [1.29, 1.82) is 0 Å². The Kier molecular flexibility index (Phi) is 9.84. The first-order valence-corrected chi connectivity index (χ1v) is 13.5. The summed E-state index contributed by atoms with van der Waals surface area (Å²) in [6.07, 6.45) is 3.03. The first-order chi connectivity index (χ1) is 19.8. The number of oxazole rings is 1. The second-order valence-electron chi connectivity index (χ2n) is 10.2. The van der Waals surface area contributed by atoms with Crippen LogP contribution in [0.25, 0.3) is 55.7 Å². The van der Waals surface area contributed by atoms with Crippen LogP contribution >= 0.6 is 0 Å². The summed E-state index contributed by atoms with van der Waals surface area (Å²) >= 11 is 0. The van der Waals surface area contributed by atoms with Crippen molar-refractivity contribution < 1.29 is 34.4 Å². The van der Waals surface area contributed by atoms with Gasteiger partial charge in [0, 0.05) is 43.5 Å². The third-order valence-electron chi connectivity index (χ3n) is 6.65. The molecule has 0 unspecified atom stereocenters. The number of aliphatic hydroxyl groups excluding tert-OH is 1. The van der Waals surface area contributed by atoms with E-state index in [1.54, 1.807) is 0 Å². The van der Waals surface area contributed by atoms with Crippen molar-refractivity contribution in [3.05, 3.63) is 121 Å². The molecule has 4 aromatic carbocycles. The minimum atomic E-state index is -0.125. The summed E-state index contributed by atoms with van der Waals surface area (Å²) in [6, 6.07) is 34.6. The van der Waals surface area contributed by atoms with Gasteiger partial charge in [0.25, 0.3) is 0 Å². The zero-order valence-corrected chi connectivity index (χ0v) is 26.3. The standard InChI is InChI=1S/C31H23N2O.C5H8O2.Ir/c1-20(2)24-14-13-22-15-16-32-29(26(22)17-24)25-18-27(21-9-5-3-6-10-21)30-28(19-25)34-31(33-30)23-11-7-4-8-12-23;1-4(6)3-5(2)7;/h3-18,20H,1-2H3;3,6H,1-2H3;/q-1;;/b;4-3-;. The van der Waals surface area contributed by atoms with E-state index in [0.717, 1.165) is 44.2 Å². The number of aromatic nitrogens is 2. The molecule has 0 saturated heterocycles. The van der Waals surface area contributed by atoms with Crippen molar-refractivity contribution in [3.63, 3.8) is 0 Å². The Morgan fingerprint density at radius 2 is 1.57 bits per heavy atom. The van der Waals surface area contributed by atoms with Crippen molar-refractivity contribution in [2.24, 2.45) is 0 Å². The Morgan fingerprint density at radius 3 is 2.17 bits per heavy atom. The molecule has 0 aliphatic carbocycles. The summed E-state index contributed by atoms with van der Waals surface area (Å²) in [7, 11) is 0. The van der Waals surface area contributed by atoms with Gasteiger partial charge in [-0.1, -0.05) is 92.2 Å². The molecule has 0 saturated carbocycles. The molecule has 0 aliphatic rings. The van der Waals surface area contributed by atoms with E-state index in [1.165, 1.54) is 25.5 Å². The van der Waals surface area contributed by atoms with E-state index in [2.05, 4.69) is 62.4 Å². The fourth-order valence-corrected chi connectivity index (χ4v) is 4.68. The quantitative estimate of drug-likeness (QED) is 0.109. The Hall–Kier alpha value is -4.38. The number of ketones is 1. The van der Waals surface area contributed by atoms with Crippen molar-refractivity contribution in [2.45, 2.75) is 33.6 Å². The number of pyridine rings is 1. The molecule has 0 amide bonds. The smallest absolute Gasteiger partial charge is 0.215 e. The number of allylic oxidation sites excluding steroid dienone is 2. The first-order valence-electron chi connectivity index (χ1n) is 13.5. The van der Waals surface area contributed by atoms with Gasteiger partial charge in [0.05, 0.1) is 11.3 Å². The molecule has 6 heteroatoms. The van der Waals surface area contributed by atoms with Crippen LogP contribution in [0.4, 0.5) is 0 Å². The summed E-state index contributed by atoms with van der Waals surface area (Å²) in [4.78, 5) is 19.7. The van der Waals surface area contributed by atoms with E-state index in [-0.39, 0.29) is 31.6 Å². The van der Waals surface area contributed by atoms with Crippen LogP contribution in [0, 0.1) is 6.07 Å². The van der Waals surface area contributed by atoms with E-state index >= 15 is 0 Å². The zero-order valence-electron chi connectivity index (χ0n) is 23.9. The Morgan fingerprint density at radius 1 is 0.905 bits per heavy atom. The third kappa shape index (κ3) is 6.91. The van der Waals surface area contributed by atoms with Crippen LogP contribution in [0.15, 0.2) is 113 Å². The summed E-state index contributed by atoms with van der Waals surface area (Å²) in [6.45, 7) is 7.27. The number of rotatable bonds is 5. The predicted molar refractivity (Wildman–Crippen MR) is 166 cm³/mol. The first kappa shape index (κ1) is 30.6. The summed E-state index contributed by atoms with van der Waals surface area (Å²) in [5.74, 6) is 0.966. The van der Waals surface area contributed by atoms with Gasteiger partial charge in [-0.25, -0.2) is 0 Å². The largest absolute Gasteiger partial charge is 0.512 e. The Labute approximate surface area is 259 Å². The predicted octanol–water partition coefficient (Wildman–Crippen LogP) is 9.34. The van der Waals surface area contributed by atoms with Gasteiger partial charge in [0.2, 0.25) is 5.89 Å². The number of nitrogens with zero attached hydrogens (tertiary/aromatic N) is 2. The van der Waals surface area contributed by atoms with Gasteiger partial charge in [-0.3, -0.25) is 9.78 Å². The van der Waals surface area contributed by atoms with E-state index in [9.17, 15) is 4.79 Å². The van der Waals surface area contributed by atoms with Crippen LogP contribution in [0.3, 0.4) is 0 Å². The number of aliphatic hydroxyl groups is 1. The van der Waals surface area contributed by atoms with Crippen LogP contribution in [0.1, 0.15) is 39.2 Å². The average Bonchev–Trinajstić information content (AvgIpc) is 3.41. The average molecular weight is 732 g/mol. The maximum Gasteiger partial charge on any atom is 0.215 e. The number of hydrogen-bond acceptors (Lipinski definition) is 5. The number of carbonyl (C=O) groups is 1. The molecule has 0 atom stereocenters. The van der Waals surface area contributed by atoms with Crippen molar-refractivity contribution >= 4 is 27.7 Å². The number of fused-ring (bicyclic) bond motifs is 2. The molecule has 5 nitrogen and oxygen atoms in total. The molecule has 42 heavy (non-hydrogen) atoms. The van der Waals surface area contributed by atoms with Crippen LogP contribution in [0.5, 0.6) is 0 Å². The summed E-state index contributed by atoms with van der Waals surface area (Å²) in [5, 5.41) is 10.6. The molecule has 1 radical (unpaired) electrons. The normalized spacial score (nSPS) is 11.2. The molecule has 0 fully saturated rings. The van der Waals surface area contributed by atoms with E-state index in [0.29, 0.717) is 17.4 Å². The fraction of sp³-hybridized carbons (Fsp3) is 0.139. The molecule has 2 aromatic heterocycles. The van der Waals surface area contributed by atoms with E-state index in [4.69, 9.17) is 19.5 Å². The molecule has 2 heterocycles. The minimum absolute atomic E-state index is 0. The molecule has 6 aromatic rings. The van der Waals surface area contributed by atoms with Gasteiger partial charge in [-0.15, -0.1) is 11.6 Å². The molecule has 6 rings (SSSR count). The third-order valence-corrected chi connectivity index (χ3v) is 6.65. The molecule has 0 aliphatic heterocycles. The van der Waals surface area contributed by atoms with Gasteiger partial charge >= 0.3 is 0 Å². The van der Waals surface area contributed by atoms with Crippen molar-refractivity contribution in [1.82, 2.24) is 9.97 Å². The molecule has 1 N–H and O–H groups in total. The SMILES string of the molecule is CC(=O)/C=C(/C)O.CC(C)c1ccc2ccnc(-c3[c-]c4oc(-c5ccccc5)nc4c(-c4ccccc4)c3)c2c1.[Ir]. The van der Waals surface area contributed by atoms with Gasteiger partial charge in [-0.2, -0.15) is 0 Å². The maximum atomic E-state index is 10.0. The number of hydrogen-bond donors (Lipinski definition) is 1. The maximum absolute atomic E-state index is 10.0. The monoisotopic (exact) mass is 732 g/mol. The van der Waals surface area contributed by atoms with Crippen LogP contribution in [-0.2, 0) is 24.9 Å². The zero-order chi connectivity index (χ0) is 28.9. The molecule has 213 valence electrons. The number of benzene rings is 4. The minimum Gasteiger partial charge on any atom is -0.512 e. The van der Waals surface area contributed by atoms with Gasteiger partial charge in [0.1, 0.15) is 0 Å². The fourth-order valence-electron chi connectivity index (χ4n) is 4.68. The summed E-state index contributed by atoms with van der Waals surface area (Å²) < 4.78 is 6.26. The molecular weight excluding hydrogens is 701 g/mol. The van der Waals surface area contributed by atoms with Gasteiger partial charge in [0.15, 0.2) is 5.78 Å².